The summed E-state index contributed by atoms with van der Waals surface area (Å²) < 4.78 is 40.5. The van der Waals surface area contributed by atoms with Gasteiger partial charge in [0.15, 0.2) is 5.16 Å². The molecular formula is C18H21F3N4OS. The third-order valence-corrected chi connectivity index (χ3v) is 5.77. The Morgan fingerprint density at radius 3 is 2.78 bits per heavy atom. The Balaban J connectivity index is 1.65. The van der Waals surface area contributed by atoms with Crippen molar-refractivity contribution in [3.8, 4) is 5.69 Å². The minimum absolute atomic E-state index is 0.0358. The molecule has 1 aromatic carbocycles. The van der Waals surface area contributed by atoms with Crippen molar-refractivity contribution < 1.29 is 18.0 Å². The van der Waals surface area contributed by atoms with Gasteiger partial charge in [0.2, 0.25) is 5.91 Å². The van der Waals surface area contributed by atoms with E-state index >= 15 is 0 Å². The van der Waals surface area contributed by atoms with E-state index in [1.807, 2.05) is 32.0 Å². The highest BCUT2D eigenvalue weighted by molar-refractivity contribution is 7.99. The smallest absolute Gasteiger partial charge is 0.341 e. The second-order valence-corrected chi connectivity index (χ2v) is 7.70. The van der Waals surface area contributed by atoms with Crippen LogP contribution in [0.5, 0.6) is 0 Å². The Bertz CT molecular complexity index is 821. The third-order valence-electron chi connectivity index (χ3n) is 4.85. The molecule has 9 heteroatoms. The molecular weight excluding hydrogens is 377 g/mol. The molecule has 0 aliphatic carbocycles. The molecule has 0 spiro atoms. The highest BCUT2D eigenvalue weighted by atomic mass is 32.2. The second-order valence-electron chi connectivity index (χ2n) is 6.76. The van der Waals surface area contributed by atoms with Gasteiger partial charge in [-0.1, -0.05) is 17.8 Å². The molecule has 1 aliphatic heterocycles. The number of hydrogen-bond donors (Lipinski definition) is 0. The number of piperidine rings is 1. The van der Waals surface area contributed by atoms with Gasteiger partial charge in [-0.05, 0) is 49.9 Å². The number of thioether (sulfide) groups is 1. The van der Waals surface area contributed by atoms with E-state index in [0.29, 0.717) is 18.1 Å². The molecule has 2 heterocycles. The minimum atomic E-state index is -4.25. The number of hydrogen-bond acceptors (Lipinski definition) is 4. The maximum atomic E-state index is 12.9. The van der Waals surface area contributed by atoms with Gasteiger partial charge in [0, 0.05) is 18.8 Å². The first-order valence-corrected chi connectivity index (χ1v) is 9.69. The number of carbonyl (C=O) groups excluding carboxylic acids is 1. The van der Waals surface area contributed by atoms with E-state index in [-0.39, 0.29) is 24.6 Å². The molecule has 1 amide bonds. The SMILES string of the molecule is Cc1ccc(-n2cnnc2SCC(=O)N2CCCC(C(F)(F)F)C2)cc1C. The predicted octanol–water partition coefficient (Wildman–Crippen LogP) is 3.78. The van der Waals surface area contributed by atoms with Gasteiger partial charge in [0.05, 0.1) is 11.7 Å². The summed E-state index contributed by atoms with van der Waals surface area (Å²) in [7, 11) is 0. The van der Waals surface area contributed by atoms with E-state index < -0.39 is 12.1 Å². The summed E-state index contributed by atoms with van der Waals surface area (Å²) in [6.45, 7) is 4.14. The maximum absolute atomic E-state index is 12.9. The van der Waals surface area contributed by atoms with Crippen molar-refractivity contribution in [2.45, 2.75) is 38.0 Å². The van der Waals surface area contributed by atoms with Gasteiger partial charge in [-0.3, -0.25) is 9.36 Å². The molecule has 1 fully saturated rings. The van der Waals surface area contributed by atoms with Crippen LogP contribution in [0, 0.1) is 19.8 Å². The Labute approximate surface area is 160 Å². The van der Waals surface area contributed by atoms with Crippen LogP contribution in [0.1, 0.15) is 24.0 Å². The van der Waals surface area contributed by atoms with Crippen LogP contribution in [-0.4, -0.2) is 50.6 Å². The summed E-state index contributed by atoms with van der Waals surface area (Å²) in [5.41, 5.74) is 3.17. The van der Waals surface area contributed by atoms with Crippen LogP contribution < -0.4 is 0 Å². The zero-order valence-electron chi connectivity index (χ0n) is 15.2. The first-order valence-electron chi connectivity index (χ1n) is 8.70. The molecule has 1 atom stereocenters. The van der Waals surface area contributed by atoms with E-state index in [2.05, 4.69) is 10.2 Å². The molecule has 0 radical (unpaired) electrons. The van der Waals surface area contributed by atoms with Crippen molar-refractivity contribution in [2.24, 2.45) is 5.92 Å². The number of likely N-dealkylation sites (tertiary alicyclic amines) is 1. The number of rotatable bonds is 4. The number of alkyl halides is 3. The van der Waals surface area contributed by atoms with Crippen molar-refractivity contribution in [3.63, 3.8) is 0 Å². The summed E-state index contributed by atoms with van der Waals surface area (Å²) in [5.74, 6) is -1.70. The fourth-order valence-electron chi connectivity index (χ4n) is 3.06. The summed E-state index contributed by atoms with van der Waals surface area (Å²) >= 11 is 1.19. The number of benzene rings is 1. The van der Waals surface area contributed by atoms with Crippen LogP contribution in [0.25, 0.3) is 5.69 Å². The maximum Gasteiger partial charge on any atom is 0.393 e. The average Bonchev–Trinajstić information content (AvgIpc) is 3.10. The van der Waals surface area contributed by atoms with Crippen molar-refractivity contribution >= 4 is 17.7 Å². The average molecular weight is 398 g/mol. The number of aromatic nitrogens is 3. The molecule has 1 saturated heterocycles. The largest absolute Gasteiger partial charge is 0.393 e. The molecule has 2 aromatic rings. The zero-order valence-corrected chi connectivity index (χ0v) is 16.0. The molecule has 5 nitrogen and oxygen atoms in total. The molecule has 0 N–H and O–H groups in total. The minimum Gasteiger partial charge on any atom is -0.341 e. The highest BCUT2D eigenvalue weighted by Gasteiger charge is 2.42. The standard InChI is InChI=1S/C18H21F3N4OS/c1-12-5-6-15(8-13(12)2)25-11-22-23-17(25)27-10-16(26)24-7-3-4-14(9-24)18(19,20)21/h5-6,8,11,14H,3-4,7,9-10H2,1-2H3. The number of nitrogens with zero attached hydrogens (tertiary/aromatic N) is 4. The van der Waals surface area contributed by atoms with Crippen molar-refractivity contribution in [1.29, 1.82) is 0 Å². The van der Waals surface area contributed by atoms with Crippen LogP contribution in [-0.2, 0) is 4.79 Å². The van der Waals surface area contributed by atoms with Gasteiger partial charge in [0.25, 0.3) is 0 Å². The summed E-state index contributed by atoms with van der Waals surface area (Å²) in [5, 5.41) is 8.48. The van der Waals surface area contributed by atoms with Crippen molar-refractivity contribution in [2.75, 3.05) is 18.8 Å². The van der Waals surface area contributed by atoms with Gasteiger partial charge in [0.1, 0.15) is 6.33 Å². The normalized spacial score (nSPS) is 18.0. The van der Waals surface area contributed by atoms with E-state index in [1.165, 1.54) is 22.2 Å². The van der Waals surface area contributed by atoms with E-state index in [4.69, 9.17) is 0 Å². The molecule has 27 heavy (non-hydrogen) atoms. The van der Waals surface area contributed by atoms with E-state index in [0.717, 1.165) is 11.3 Å². The lowest BCUT2D eigenvalue weighted by molar-refractivity contribution is -0.187. The third kappa shape index (κ3) is 4.63. The van der Waals surface area contributed by atoms with Crippen LogP contribution in [0.4, 0.5) is 13.2 Å². The molecule has 1 aliphatic rings. The van der Waals surface area contributed by atoms with E-state index in [1.54, 1.807) is 10.9 Å². The first-order chi connectivity index (χ1) is 12.8. The lowest BCUT2D eigenvalue weighted by Crippen LogP contribution is -2.45. The van der Waals surface area contributed by atoms with Crippen LogP contribution in [0.2, 0.25) is 0 Å². The van der Waals surface area contributed by atoms with Crippen LogP contribution in [0.15, 0.2) is 29.7 Å². The van der Waals surface area contributed by atoms with Crippen molar-refractivity contribution in [1.82, 2.24) is 19.7 Å². The summed E-state index contributed by atoms with van der Waals surface area (Å²) in [6, 6.07) is 5.94. The van der Waals surface area contributed by atoms with E-state index in [9.17, 15) is 18.0 Å². The number of aryl methyl sites for hydroxylation is 2. The van der Waals surface area contributed by atoms with Crippen LogP contribution in [0.3, 0.4) is 0 Å². The number of halogens is 3. The molecule has 146 valence electrons. The fourth-order valence-corrected chi connectivity index (χ4v) is 3.90. The monoisotopic (exact) mass is 398 g/mol. The molecule has 1 aromatic heterocycles. The fraction of sp³-hybridized carbons (Fsp3) is 0.500. The van der Waals surface area contributed by atoms with Gasteiger partial charge < -0.3 is 4.90 Å². The summed E-state index contributed by atoms with van der Waals surface area (Å²) in [6.07, 6.45) is -2.23. The van der Waals surface area contributed by atoms with Crippen molar-refractivity contribution in [3.05, 3.63) is 35.7 Å². The molecule has 3 rings (SSSR count). The van der Waals surface area contributed by atoms with Crippen LogP contribution >= 0.6 is 11.8 Å². The Morgan fingerprint density at radius 2 is 2.07 bits per heavy atom. The zero-order chi connectivity index (χ0) is 19.6. The number of carbonyl (C=O) groups is 1. The predicted molar refractivity (Wildman–Crippen MR) is 96.9 cm³/mol. The van der Waals surface area contributed by atoms with Gasteiger partial charge in [-0.25, -0.2) is 0 Å². The Hall–Kier alpha value is -2.03. The Morgan fingerprint density at radius 1 is 1.30 bits per heavy atom. The second kappa shape index (κ2) is 7.92. The highest BCUT2D eigenvalue weighted by Crippen LogP contribution is 2.33. The molecule has 0 saturated carbocycles. The number of amides is 1. The lowest BCUT2D eigenvalue weighted by atomic mass is 9.97. The van der Waals surface area contributed by atoms with Gasteiger partial charge in [-0.2, -0.15) is 13.2 Å². The Kier molecular flexibility index (Phi) is 5.78. The quantitative estimate of drug-likeness (QED) is 0.736. The lowest BCUT2D eigenvalue weighted by Gasteiger charge is -2.33. The molecule has 0 bridgehead atoms. The molecule has 1 unspecified atom stereocenters. The summed E-state index contributed by atoms with van der Waals surface area (Å²) in [4.78, 5) is 13.7. The topological polar surface area (TPSA) is 51.0 Å². The van der Waals surface area contributed by atoms with Gasteiger partial charge in [-0.15, -0.1) is 10.2 Å². The first kappa shape index (κ1) is 19.7. The van der Waals surface area contributed by atoms with Gasteiger partial charge >= 0.3 is 6.18 Å².